The van der Waals surface area contributed by atoms with E-state index in [1.54, 1.807) is 4.68 Å². The van der Waals surface area contributed by atoms with Crippen molar-refractivity contribution in [2.24, 2.45) is 0 Å². The lowest BCUT2D eigenvalue weighted by molar-refractivity contribution is 0.109. The highest BCUT2D eigenvalue weighted by Crippen LogP contribution is 2.12. The van der Waals surface area contributed by atoms with Crippen LogP contribution in [0.5, 0.6) is 0 Å². The maximum Gasteiger partial charge on any atom is 0.221 e. The Morgan fingerprint density at radius 1 is 1.91 bits per heavy atom. The van der Waals surface area contributed by atoms with Crippen molar-refractivity contribution in [3.05, 3.63) is 11.8 Å². The molecular weight excluding hydrogens is 162 g/mol. The van der Waals surface area contributed by atoms with E-state index in [4.69, 9.17) is 5.73 Å². The molecule has 60 valence electrons. The van der Waals surface area contributed by atoms with Crippen molar-refractivity contribution in [3.8, 4) is 0 Å². The summed E-state index contributed by atoms with van der Waals surface area (Å²) in [5.41, 5.74) is 5.92. The minimum Gasteiger partial charge on any atom is -0.383 e. The molecule has 1 rings (SSSR count). The van der Waals surface area contributed by atoms with E-state index in [1.165, 1.54) is 6.20 Å². The van der Waals surface area contributed by atoms with E-state index in [0.717, 1.165) is 0 Å². The summed E-state index contributed by atoms with van der Waals surface area (Å²) in [7, 11) is 0. The second-order valence-corrected chi connectivity index (χ2v) is 2.47. The molecule has 0 saturated heterocycles. The van der Waals surface area contributed by atoms with Crippen LogP contribution < -0.4 is 5.73 Å². The van der Waals surface area contributed by atoms with Crippen molar-refractivity contribution >= 4 is 23.6 Å². The molecule has 0 unspecified atom stereocenters. The lowest BCUT2D eigenvalue weighted by Crippen LogP contribution is -2.04. The molecule has 11 heavy (non-hydrogen) atoms. The fourth-order valence-corrected chi connectivity index (χ4v) is 0.984. The van der Waals surface area contributed by atoms with E-state index < -0.39 is 0 Å². The average molecular weight is 171 g/mol. The average Bonchev–Trinajstić information content (AvgIpc) is 2.30. The van der Waals surface area contributed by atoms with Crippen molar-refractivity contribution in [3.63, 3.8) is 0 Å². The van der Waals surface area contributed by atoms with Gasteiger partial charge >= 0.3 is 0 Å². The predicted molar refractivity (Wildman–Crippen MR) is 45.6 cm³/mol. The number of nitrogen functional groups attached to an aromatic ring is 1. The van der Waals surface area contributed by atoms with Gasteiger partial charge in [0, 0.05) is 6.54 Å². The van der Waals surface area contributed by atoms with Crippen LogP contribution in [0.4, 0.5) is 5.82 Å². The fraction of sp³-hybridized carbons (Fsp3) is 0.333. The first-order chi connectivity index (χ1) is 5.16. The topological polar surface area (TPSA) is 60.9 Å². The first-order valence-corrected chi connectivity index (χ1v) is 3.66. The van der Waals surface area contributed by atoms with Crippen LogP contribution >= 0.6 is 12.6 Å². The molecule has 1 aromatic heterocycles. The minimum atomic E-state index is -0.345. The quantitative estimate of drug-likeness (QED) is 0.639. The Hall–Kier alpha value is -0.970. The van der Waals surface area contributed by atoms with Gasteiger partial charge in [0.1, 0.15) is 5.82 Å². The summed E-state index contributed by atoms with van der Waals surface area (Å²) in [5.74, 6) is 0.382. The smallest absolute Gasteiger partial charge is 0.221 e. The predicted octanol–water partition coefficient (Wildman–Crippen LogP) is 0.555. The fourth-order valence-electron chi connectivity index (χ4n) is 0.812. The second-order valence-electron chi connectivity index (χ2n) is 2.06. The number of aryl methyl sites for hydroxylation is 1. The van der Waals surface area contributed by atoms with Gasteiger partial charge in [0.25, 0.3) is 0 Å². The van der Waals surface area contributed by atoms with Crippen molar-refractivity contribution in [1.82, 2.24) is 9.78 Å². The number of carbonyl (C=O) groups excluding carboxylic acids is 1. The Morgan fingerprint density at radius 3 is 2.82 bits per heavy atom. The minimum absolute atomic E-state index is 0.345. The molecule has 0 aliphatic rings. The Kier molecular flexibility index (Phi) is 2.19. The second kappa shape index (κ2) is 2.96. The molecule has 0 aromatic carbocycles. The molecule has 2 N–H and O–H groups in total. The number of thiol groups is 1. The third-order valence-electron chi connectivity index (χ3n) is 1.41. The summed E-state index contributed by atoms with van der Waals surface area (Å²) in [6.07, 6.45) is 1.42. The molecule has 4 nitrogen and oxygen atoms in total. The number of nitrogens with zero attached hydrogens (tertiary/aromatic N) is 2. The highest BCUT2D eigenvalue weighted by Gasteiger charge is 2.09. The standard InChI is InChI=1S/C6H9N3OS/c1-2-9-5(7)4(3-8-9)6(10)11/h3H,2,7H2,1H3,(H,10,11). The van der Waals surface area contributed by atoms with E-state index in [2.05, 4.69) is 17.7 Å². The lowest BCUT2D eigenvalue weighted by atomic mass is 10.4. The van der Waals surface area contributed by atoms with Crippen molar-refractivity contribution in [2.75, 3.05) is 5.73 Å². The molecule has 0 fully saturated rings. The number of anilines is 1. The Morgan fingerprint density at radius 2 is 2.55 bits per heavy atom. The van der Waals surface area contributed by atoms with E-state index in [1.807, 2.05) is 6.92 Å². The van der Waals surface area contributed by atoms with Gasteiger partial charge in [0.05, 0.1) is 11.8 Å². The SMILES string of the molecule is CCn1ncc(C(=O)S)c1N. The van der Waals surface area contributed by atoms with Crippen molar-refractivity contribution in [2.45, 2.75) is 13.5 Å². The number of hydrogen-bond donors (Lipinski definition) is 2. The van der Waals surface area contributed by atoms with Gasteiger partial charge in [-0.3, -0.25) is 4.79 Å². The summed E-state index contributed by atoms with van der Waals surface area (Å²) in [4.78, 5) is 10.7. The first kappa shape index (κ1) is 8.13. The van der Waals surface area contributed by atoms with Crippen LogP contribution in [0.3, 0.4) is 0 Å². The number of aromatic nitrogens is 2. The summed E-state index contributed by atoms with van der Waals surface area (Å²) in [6, 6.07) is 0. The molecule has 1 aromatic rings. The van der Waals surface area contributed by atoms with Crippen LogP contribution in [-0.4, -0.2) is 14.9 Å². The van der Waals surface area contributed by atoms with Crippen LogP contribution in [-0.2, 0) is 6.54 Å². The van der Waals surface area contributed by atoms with Crippen LogP contribution in [0.2, 0.25) is 0 Å². The molecule has 1 heterocycles. The molecule has 0 atom stereocenters. The molecule has 0 bridgehead atoms. The largest absolute Gasteiger partial charge is 0.383 e. The zero-order valence-electron chi connectivity index (χ0n) is 6.11. The van der Waals surface area contributed by atoms with E-state index >= 15 is 0 Å². The van der Waals surface area contributed by atoms with Gasteiger partial charge in [-0.2, -0.15) is 5.10 Å². The Bertz CT molecular complexity index is 281. The molecule has 0 spiro atoms. The summed E-state index contributed by atoms with van der Waals surface area (Å²) >= 11 is 3.64. The van der Waals surface area contributed by atoms with Crippen molar-refractivity contribution in [1.29, 1.82) is 0 Å². The zero-order chi connectivity index (χ0) is 8.43. The van der Waals surface area contributed by atoms with Crippen LogP contribution in [0.15, 0.2) is 6.20 Å². The van der Waals surface area contributed by atoms with Crippen LogP contribution in [0.1, 0.15) is 17.3 Å². The third-order valence-corrected chi connectivity index (χ3v) is 1.65. The van der Waals surface area contributed by atoms with Gasteiger partial charge in [0.2, 0.25) is 5.12 Å². The molecule has 0 aliphatic carbocycles. The monoisotopic (exact) mass is 171 g/mol. The summed E-state index contributed by atoms with van der Waals surface area (Å²) in [6.45, 7) is 2.56. The van der Waals surface area contributed by atoms with Gasteiger partial charge in [-0.25, -0.2) is 4.68 Å². The molecule has 0 radical (unpaired) electrons. The lowest BCUT2D eigenvalue weighted by Gasteiger charge is -1.97. The van der Waals surface area contributed by atoms with Gasteiger partial charge in [-0.15, -0.1) is 12.6 Å². The molecule has 0 aliphatic heterocycles. The zero-order valence-corrected chi connectivity index (χ0v) is 7.01. The first-order valence-electron chi connectivity index (χ1n) is 3.21. The summed E-state index contributed by atoms with van der Waals surface area (Å²) in [5, 5.41) is 3.53. The molecular formula is C6H9N3OS. The number of rotatable bonds is 2. The number of nitrogens with two attached hydrogens (primary N) is 1. The van der Waals surface area contributed by atoms with Gasteiger partial charge in [0.15, 0.2) is 0 Å². The molecule has 0 saturated carbocycles. The highest BCUT2D eigenvalue weighted by molar-refractivity contribution is 7.97. The maximum atomic E-state index is 10.7. The van der Waals surface area contributed by atoms with E-state index in [0.29, 0.717) is 17.9 Å². The molecule has 5 heteroatoms. The van der Waals surface area contributed by atoms with Crippen LogP contribution in [0, 0.1) is 0 Å². The highest BCUT2D eigenvalue weighted by atomic mass is 32.1. The van der Waals surface area contributed by atoms with Crippen LogP contribution in [0.25, 0.3) is 0 Å². The Balaban J connectivity index is 3.10. The summed E-state index contributed by atoms with van der Waals surface area (Å²) < 4.78 is 1.55. The third kappa shape index (κ3) is 1.37. The molecule has 0 amide bonds. The van der Waals surface area contributed by atoms with Gasteiger partial charge in [-0.1, -0.05) is 0 Å². The van der Waals surface area contributed by atoms with E-state index in [9.17, 15) is 4.79 Å². The maximum absolute atomic E-state index is 10.7. The Labute approximate surface area is 69.8 Å². The number of carbonyl (C=O) groups is 1. The van der Waals surface area contributed by atoms with Crippen molar-refractivity contribution < 1.29 is 4.79 Å². The van der Waals surface area contributed by atoms with Gasteiger partial charge in [-0.05, 0) is 6.92 Å². The van der Waals surface area contributed by atoms with Gasteiger partial charge < -0.3 is 5.73 Å². The normalized spacial score (nSPS) is 10.0. The van der Waals surface area contributed by atoms with E-state index in [-0.39, 0.29) is 5.12 Å². The number of hydrogen-bond acceptors (Lipinski definition) is 3.